The molecule has 0 aromatic heterocycles. The van der Waals surface area contributed by atoms with Crippen LogP contribution in [-0.2, 0) is 4.79 Å². The third kappa shape index (κ3) is 2.93. The third-order valence-corrected chi connectivity index (χ3v) is 3.88. The van der Waals surface area contributed by atoms with E-state index in [-0.39, 0.29) is 16.6 Å². The van der Waals surface area contributed by atoms with Gasteiger partial charge in [0.15, 0.2) is 0 Å². The SMILES string of the molecule is CC1CC(C(=O)O)CCN1C(=O)c1ccc(Cl)cc1F. The van der Waals surface area contributed by atoms with Gasteiger partial charge in [-0.05, 0) is 38.0 Å². The number of piperidine rings is 1. The molecule has 2 unspecified atom stereocenters. The molecule has 1 aliphatic heterocycles. The normalized spacial score (nSPS) is 22.6. The summed E-state index contributed by atoms with van der Waals surface area (Å²) in [7, 11) is 0. The average Bonchev–Trinajstić information content (AvgIpc) is 2.37. The first-order valence-corrected chi connectivity index (χ1v) is 6.76. The Morgan fingerprint density at radius 1 is 1.45 bits per heavy atom. The second-order valence-corrected chi connectivity index (χ2v) is 5.47. The highest BCUT2D eigenvalue weighted by atomic mass is 35.5. The molecule has 1 N–H and O–H groups in total. The fourth-order valence-electron chi connectivity index (χ4n) is 2.52. The zero-order valence-corrected chi connectivity index (χ0v) is 11.7. The zero-order chi connectivity index (χ0) is 14.9. The van der Waals surface area contributed by atoms with E-state index in [9.17, 15) is 14.0 Å². The molecule has 2 rings (SSSR count). The van der Waals surface area contributed by atoms with E-state index in [1.54, 1.807) is 6.92 Å². The molecule has 0 radical (unpaired) electrons. The van der Waals surface area contributed by atoms with Crippen molar-refractivity contribution in [3.8, 4) is 0 Å². The molecule has 1 amide bonds. The number of carbonyl (C=O) groups excluding carboxylic acids is 1. The molecule has 4 nitrogen and oxygen atoms in total. The number of rotatable bonds is 2. The van der Waals surface area contributed by atoms with Crippen molar-refractivity contribution in [2.75, 3.05) is 6.54 Å². The highest BCUT2D eigenvalue weighted by Crippen LogP contribution is 2.25. The van der Waals surface area contributed by atoms with E-state index < -0.39 is 23.6 Å². The number of aliphatic carboxylic acids is 1. The summed E-state index contributed by atoms with van der Waals surface area (Å²) in [4.78, 5) is 24.8. The molecule has 6 heteroatoms. The van der Waals surface area contributed by atoms with Crippen molar-refractivity contribution in [3.05, 3.63) is 34.6 Å². The van der Waals surface area contributed by atoms with Crippen LogP contribution in [0.4, 0.5) is 4.39 Å². The number of likely N-dealkylation sites (tertiary alicyclic amines) is 1. The molecular formula is C14H15ClFNO3. The van der Waals surface area contributed by atoms with Crippen LogP contribution in [0, 0.1) is 11.7 Å². The highest BCUT2D eigenvalue weighted by molar-refractivity contribution is 6.30. The van der Waals surface area contributed by atoms with Crippen molar-refractivity contribution in [1.29, 1.82) is 0 Å². The van der Waals surface area contributed by atoms with Gasteiger partial charge in [-0.3, -0.25) is 9.59 Å². The number of halogens is 2. The predicted octanol–water partition coefficient (Wildman–Crippen LogP) is 2.80. The van der Waals surface area contributed by atoms with Crippen LogP contribution in [0.15, 0.2) is 18.2 Å². The van der Waals surface area contributed by atoms with Crippen molar-refractivity contribution < 1.29 is 19.1 Å². The van der Waals surface area contributed by atoms with Gasteiger partial charge in [0.25, 0.3) is 5.91 Å². The summed E-state index contributed by atoms with van der Waals surface area (Å²) in [6.07, 6.45) is 0.775. The summed E-state index contributed by atoms with van der Waals surface area (Å²) in [5.74, 6) is -2.36. The lowest BCUT2D eigenvalue weighted by atomic mass is 9.91. The Morgan fingerprint density at radius 3 is 2.70 bits per heavy atom. The highest BCUT2D eigenvalue weighted by Gasteiger charge is 2.33. The van der Waals surface area contributed by atoms with E-state index in [0.717, 1.165) is 6.07 Å². The maximum absolute atomic E-state index is 13.8. The van der Waals surface area contributed by atoms with Crippen LogP contribution in [0.2, 0.25) is 5.02 Å². The standard InChI is InChI=1S/C14H15ClFNO3/c1-8-6-9(14(19)20)4-5-17(8)13(18)11-3-2-10(15)7-12(11)16/h2-3,7-9H,4-6H2,1H3,(H,19,20). The summed E-state index contributed by atoms with van der Waals surface area (Å²) in [5.41, 5.74) is -0.0324. The van der Waals surface area contributed by atoms with Gasteiger partial charge in [0, 0.05) is 17.6 Å². The third-order valence-electron chi connectivity index (χ3n) is 3.65. The zero-order valence-electron chi connectivity index (χ0n) is 11.0. The van der Waals surface area contributed by atoms with E-state index in [0.29, 0.717) is 19.4 Å². The van der Waals surface area contributed by atoms with E-state index in [1.165, 1.54) is 17.0 Å². The van der Waals surface area contributed by atoms with Crippen molar-refractivity contribution in [2.24, 2.45) is 5.92 Å². The van der Waals surface area contributed by atoms with Gasteiger partial charge in [-0.25, -0.2) is 4.39 Å². The molecule has 2 atom stereocenters. The molecule has 20 heavy (non-hydrogen) atoms. The maximum atomic E-state index is 13.8. The lowest BCUT2D eigenvalue weighted by Crippen LogP contribution is -2.46. The number of hydrogen-bond donors (Lipinski definition) is 1. The van der Waals surface area contributed by atoms with Gasteiger partial charge in [-0.2, -0.15) is 0 Å². The topological polar surface area (TPSA) is 57.6 Å². The van der Waals surface area contributed by atoms with Crippen molar-refractivity contribution in [1.82, 2.24) is 4.90 Å². The minimum atomic E-state index is -0.846. The smallest absolute Gasteiger partial charge is 0.306 e. The van der Waals surface area contributed by atoms with E-state index in [4.69, 9.17) is 16.7 Å². The Hall–Kier alpha value is -1.62. The number of amides is 1. The van der Waals surface area contributed by atoms with Gasteiger partial charge < -0.3 is 10.0 Å². The lowest BCUT2D eigenvalue weighted by molar-refractivity contribution is -0.143. The summed E-state index contributed by atoms with van der Waals surface area (Å²) in [6.45, 7) is 2.10. The van der Waals surface area contributed by atoms with Crippen LogP contribution in [0.5, 0.6) is 0 Å². The Balaban J connectivity index is 2.16. The van der Waals surface area contributed by atoms with Gasteiger partial charge in [-0.1, -0.05) is 11.6 Å². The van der Waals surface area contributed by atoms with Crippen molar-refractivity contribution in [2.45, 2.75) is 25.8 Å². The summed E-state index contributed by atoms with van der Waals surface area (Å²) in [5, 5.41) is 9.23. The quantitative estimate of drug-likeness (QED) is 0.913. The minimum Gasteiger partial charge on any atom is -0.481 e. The Kier molecular flexibility index (Phi) is 4.28. The number of hydrogen-bond acceptors (Lipinski definition) is 2. The summed E-state index contributed by atoms with van der Waals surface area (Å²) >= 11 is 5.66. The number of benzene rings is 1. The fourth-order valence-corrected chi connectivity index (χ4v) is 2.67. The molecule has 1 fully saturated rings. The summed E-state index contributed by atoms with van der Waals surface area (Å²) in [6, 6.07) is 3.69. The Labute approximate surface area is 121 Å². The van der Waals surface area contributed by atoms with E-state index >= 15 is 0 Å². The van der Waals surface area contributed by atoms with Crippen molar-refractivity contribution >= 4 is 23.5 Å². The van der Waals surface area contributed by atoms with Crippen LogP contribution < -0.4 is 0 Å². The van der Waals surface area contributed by atoms with Crippen molar-refractivity contribution in [3.63, 3.8) is 0 Å². The van der Waals surface area contributed by atoms with Crippen LogP contribution in [0.25, 0.3) is 0 Å². The first kappa shape index (κ1) is 14.8. The molecule has 1 saturated heterocycles. The second kappa shape index (κ2) is 5.79. The van der Waals surface area contributed by atoms with Gasteiger partial charge in [0.1, 0.15) is 5.82 Å². The molecular weight excluding hydrogens is 285 g/mol. The Morgan fingerprint density at radius 2 is 2.15 bits per heavy atom. The molecule has 1 aromatic carbocycles. The predicted molar refractivity (Wildman–Crippen MR) is 72.3 cm³/mol. The molecule has 0 saturated carbocycles. The van der Waals surface area contributed by atoms with E-state index in [2.05, 4.69) is 0 Å². The molecule has 1 heterocycles. The minimum absolute atomic E-state index is 0.0324. The van der Waals surface area contributed by atoms with Gasteiger partial charge in [0.2, 0.25) is 0 Å². The number of nitrogens with zero attached hydrogens (tertiary/aromatic N) is 1. The number of carboxylic acid groups (broad SMARTS) is 1. The Bertz CT molecular complexity index is 549. The molecule has 0 aliphatic carbocycles. The first-order valence-electron chi connectivity index (χ1n) is 6.39. The molecule has 1 aliphatic rings. The maximum Gasteiger partial charge on any atom is 0.306 e. The lowest BCUT2D eigenvalue weighted by Gasteiger charge is -2.36. The average molecular weight is 300 g/mol. The fraction of sp³-hybridized carbons (Fsp3) is 0.429. The first-order chi connectivity index (χ1) is 9.40. The molecule has 0 bridgehead atoms. The number of carboxylic acids is 1. The van der Waals surface area contributed by atoms with Crippen LogP contribution in [-0.4, -0.2) is 34.5 Å². The van der Waals surface area contributed by atoms with Gasteiger partial charge in [0.05, 0.1) is 11.5 Å². The summed E-state index contributed by atoms with van der Waals surface area (Å²) < 4.78 is 13.8. The molecule has 0 spiro atoms. The largest absolute Gasteiger partial charge is 0.481 e. The number of carbonyl (C=O) groups is 2. The van der Waals surface area contributed by atoms with Gasteiger partial charge >= 0.3 is 5.97 Å². The molecule has 108 valence electrons. The molecule has 1 aromatic rings. The van der Waals surface area contributed by atoms with Gasteiger partial charge in [-0.15, -0.1) is 0 Å². The second-order valence-electron chi connectivity index (χ2n) is 5.03. The monoisotopic (exact) mass is 299 g/mol. The van der Waals surface area contributed by atoms with Crippen LogP contribution in [0.1, 0.15) is 30.1 Å². The van der Waals surface area contributed by atoms with E-state index in [1.807, 2.05) is 0 Å². The van der Waals surface area contributed by atoms with Crippen LogP contribution in [0.3, 0.4) is 0 Å². The van der Waals surface area contributed by atoms with Crippen LogP contribution >= 0.6 is 11.6 Å².